The van der Waals surface area contributed by atoms with E-state index in [4.69, 9.17) is 18.3 Å². The summed E-state index contributed by atoms with van der Waals surface area (Å²) < 4.78 is 22.4. The van der Waals surface area contributed by atoms with E-state index in [9.17, 15) is 14.4 Å². The SMILES string of the molecule is Cc1oc(=O)oc1COC(=O)COc1ccc(C[C@@H]2CNCCN2C(=O)c2cc(C)n(-c3ccccc3)c2-c2ccccc2)cc1. The van der Waals surface area contributed by atoms with Crippen LogP contribution in [0.5, 0.6) is 5.75 Å². The number of nitrogens with one attached hydrogen (secondary N) is 1. The number of carbonyl (C=O) groups is 2. The van der Waals surface area contributed by atoms with Gasteiger partial charge in [-0.25, -0.2) is 9.59 Å². The first kappa shape index (κ1) is 30.7. The van der Waals surface area contributed by atoms with Crippen LogP contribution >= 0.6 is 0 Å². The second kappa shape index (κ2) is 13.7. The van der Waals surface area contributed by atoms with E-state index in [0.29, 0.717) is 30.8 Å². The third kappa shape index (κ3) is 6.82. The molecule has 236 valence electrons. The zero-order valence-corrected chi connectivity index (χ0v) is 25.7. The van der Waals surface area contributed by atoms with Gasteiger partial charge in [-0.3, -0.25) is 4.79 Å². The van der Waals surface area contributed by atoms with Gasteiger partial charge in [0.2, 0.25) is 0 Å². The van der Waals surface area contributed by atoms with Gasteiger partial charge in [0.05, 0.1) is 11.3 Å². The second-order valence-corrected chi connectivity index (χ2v) is 11.2. The molecule has 0 bridgehead atoms. The number of amides is 1. The lowest BCUT2D eigenvalue weighted by molar-refractivity contribution is -0.147. The molecule has 1 atom stereocenters. The molecule has 1 saturated heterocycles. The summed E-state index contributed by atoms with van der Waals surface area (Å²) in [5.41, 5.74) is 5.58. The summed E-state index contributed by atoms with van der Waals surface area (Å²) in [7, 11) is 0. The maximum Gasteiger partial charge on any atom is 0.519 e. The van der Waals surface area contributed by atoms with Gasteiger partial charge in [0, 0.05) is 37.1 Å². The summed E-state index contributed by atoms with van der Waals surface area (Å²) in [6.07, 6.45) is 0.648. The van der Waals surface area contributed by atoms with E-state index in [1.165, 1.54) is 0 Å². The van der Waals surface area contributed by atoms with E-state index in [2.05, 4.69) is 22.0 Å². The highest BCUT2D eigenvalue weighted by molar-refractivity contribution is 6.01. The lowest BCUT2D eigenvalue weighted by Crippen LogP contribution is -2.54. The van der Waals surface area contributed by atoms with E-state index in [1.807, 2.05) is 78.6 Å². The molecule has 10 nitrogen and oxygen atoms in total. The first-order chi connectivity index (χ1) is 22.4. The lowest BCUT2D eigenvalue weighted by atomic mass is 10.0. The number of benzene rings is 3. The van der Waals surface area contributed by atoms with Crippen LogP contribution in [0.25, 0.3) is 16.9 Å². The number of ether oxygens (including phenoxy) is 2. The number of rotatable bonds is 10. The van der Waals surface area contributed by atoms with E-state index >= 15 is 0 Å². The average Bonchev–Trinajstić information content (AvgIpc) is 3.61. The number of aromatic nitrogens is 1. The fourth-order valence-electron chi connectivity index (χ4n) is 5.79. The van der Waals surface area contributed by atoms with Crippen LogP contribution < -0.4 is 15.9 Å². The number of piperazine rings is 1. The van der Waals surface area contributed by atoms with Crippen molar-refractivity contribution in [2.45, 2.75) is 32.9 Å². The Morgan fingerprint density at radius 3 is 2.35 bits per heavy atom. The fourth-order valence-corrected chi connectivity index (χ4v) is 5.79. The molecule has 1 fully saturated rings. The molecule has 1 aliphatic rings. The molecule has 46 heavy (non-hydrogen) atoms. The lowest BCUT2D eigenvalue weighted by Gasteiger charge is -2.36. The van der Waals surface area contributed by atoms with Crippen LogP contribution in [0.15, 0.2) is 105 Å². The first-order valence-corrected chi connectivity index (χ1v) is 15.2. The van der Waals surface area contributed by atoms with E-state index in [1.54, 1.807) is 19.1 Å². The van der Waals surface area contributed by atoms with Gasteiger partial charge in [-0.15, -0.1) is 0 Å². The van der Waals surface area contributed by atoms with Crippen molar-refractivity contribution in [3.05, 3.63) is 130 Å². The van der Waals surface area contributed by atoms with Gasteiger partial charge in [0.1, 0.15) is 5.75 Å². The van der Waals surface area contributed by atoms with Crippen LogP contribution in [0.4, 0.5) is 0 Å². The Hall–Kier alpha value is -5.35. The number of para-hydroxylation sites is 1. The summed E-state index contributed by atoms with van der Waals surface area (Å²) in [5.74, 6) is -0.516. The van der Waals surface area contributed by atoms with Gasteiger partial charge in [-0.1, -0.05) is 60.7 Å². The molecule has 6 rings (SSSR count). The van der Waals surface area contributed by atoms with Gasteiger partial charge >= 0.3 is 11.8 Å². The number of aryl methyl sites for hydroxylation is 2. The number of esters is 1. The molecule has 0 aliphatic carbocycles. The van der Waals surface area contributed by atoms with Crippen molar-refractivity contribution >= 4 is 11.9 Å². The Kier molecular flexibility index (Phi) is 9.16. The molecular weight excluding hydrogens is 586 g/mol. The molecule has 3 aromatic carbocycles. The Balaban J connectivity index is 1.15. The molecule has 2 aromatic heterocycles. The topological polar surface area (TPSA) is 116 Å². The summed E-state index contributed by atoms with van der Waals surface area (Å²) in [5, 5.41) is 3.45. The van der Waals surface area contributed by atoms with Crippen LogP contribution in [-0.2, 0) is 22.6 Å². The third-order valence-corrected chi connectivity index (χ3v) is 8.04. The molecule has 0 radical (unpaired) electrons. The Morgan fingerprint density at radius 2 is 1.65 bits per heavy atom. The van der Waals surface area contributed by atoms with E-state index < -0.39 is 11.8 Å². The van der Waals surface area contributed by atoms with Crippen molar-refractivity contribution in [1.82, 2.24) is 14.8 Å². The average molecular weight is 622 g/mol. The highest BCUT2D eigenvalue weighted by Crippen LogP contribution is 2.32. The van der Waals surface area contributed by atoms with Gasteiger partial charge < -0.3 is 33.1 Å². The van der Waals surface area contributed by atoms with Crippen LogP contribution in [0.3, 0.4) is 0 Å². The molecule has 0 spiro atoms. The molecule has 1 aliphatic heterocycles. The summed E-state index contributed by atoms with van der Waals surface area (Å²) in [4.78, 5) is 39.6. The number of nitrogens with zero attached hydrogens (tertiary/aromatic N) is 2. The molecule has 1 amide bonds. The van der Waals surface area contributed by atoms with Crippen LogP contribution in [0.2, 0.25) is 0 Å². The van der Waals surface area contributed by atoms with Crippen molar-refractivity contribution in [1.29, 1.82) is 0 Å². The maximum atomic E-state index is 14.4. The molecule has 5 aromatic rings. The molecule has 0 saturated carbocycles. The highest BCUT2D eigenvalue weighted by atomic mass is 16.6. The Bertz CT molecular complexity index is 1860. The minimum absolute atomic E-state index is 0.00601. The highest BCUT2D eigenvalue weighted by Gasteiger charge is 2.31. The minimum Gasteiger partial charge on any atom is -0.482 e. The molecule has 10 heteroatoms. The molecular formula is C36H35N3O7. The van der Waals surface area contributed by atoms with Gasteiger partial charge in [0.15, 0.2) is 24.7 Å². The van der Waals surface area contributed by atoms with Gasteiger partial charge in [-0.05, 0) is 61.7 Å². The third-order valence-electron chi connectivity index (χ3n) is 8.04. The Labute approximate surface area is 266 Å². The largest absolute Gasteiger partial charge is 0.519 e. The van der Waals surface area contributed by atoms with Crippen molar-refractivity contribution < 1.29 is 27.9 Å². The number of hydrogen-bond donors (Lipinski definition) is 1. The van der Waals surface area contributed by atoms with Crippen molar-refractivity contribution in [2.24, 2.45) is 0 Å². The molecule has 0 unspecified atom stereocenters. The zero-order chi connectivity index (χ0) is 32.0. The van der Waals surface area contributed by atoms with Gasteiger partial charge in [0.25, 0.3) is 5.91 Å². The van der Waals surface area contributed by atoms with Crippen LogP contribution in [0.1, 0.15) is 33.1 Å². The first-order valence-electron chi connectivity index (χ1n) is 15.2. The van der Waals surface area contributed by atoms with Crippen molar-refractivity contribution in [2.75, 3.05) is 26.2 Å². The maximum absolute atomic E-state index is 14.4. The number of hydrogen-bond acceptors (Lipinski definition) is 8. The predicted octanol–water partition coefficient (Wildman–Crippen LogP) is 5.09. The van der Waals surface area contributed by atoms with Crippen molar-refractivity contribution in [3.63, 3.8) is 0 Å². The number of carbonyl (C=O) groups excluding carboxylic acids is 2. The quantitative estimate of drug-likeness (QED) is 0.215. The van der Waals surface area contributed by atoms with E-state index in [-0.39, 0.29) is 36.7 Å². The fraction of sp³-hybridized carbons (Fsp3) is 0.250. The van der Waals surface area contributed by atoms with Crippen molar-refractivity contribution in [3.8, 4) is 22.7 Å². The minimum atomic E-state index is -0.842. The standard InChI is InChI=1S/C36H35N3O7/c1-24-19-31(34(27-9-5-3-6-10-27)39(24)28-11-7-4-8-12-28)35(41)38-18-17-37-21-29(38)20-26-13-15-30(16-14-26)43-23-33(40)44-22-32-25(2)45-36(42)46-32/h3-16,19,29,37H,17-18,20-23H2,1-2H3/t29-/m1/s1. The second-order valence-electron chi connectivity index (χ2n) is 11.2. The summed E-state index contributed by atoms with van der Waals surface area (Å²) in [6.45, 7) is 5.05. The Morgan fingerprint density at radius 1 is 0.935 bits per heavy atom. The summed E-state index contributed by atoms with van der Waals surface area (Å²) in [6, 6.07) is 29.6. The predicted molar refractivity (Wildman–Crippen MR) is 171 cm³/mol. The normalized spacial score (nSPS) is 14.7. The van der Waals surface area contributed by atoms with Crippen LogP contribution in [0, 0.1) is 13.8 Å². The van der Waals surface area contributed by atoms with E-state index in [0.717, 1.165) is 34.7 Å². The molecule has 1 N–H and O–H groups in total. The van der Waals surface area contributed by atoms with Gasteiger partial charge in [-0.2, -0.15) is 0 Å². The van der Waals surface area contributed by atoms with Crippen LogP contribution in [-0.4, -0.2) is 53.6 Å². The summed E-state index contributed by atoms with van der Waals surface area (Å²) >= 11 is 0. The smallest absolute Gasteiger partial charge is 0.482 e. The molecule has 3 heterocycles. The zero-order valence-electron chi connectivity index (χ0n) is 25.7. The monoisotopic (exact) mass is 621 g/mol.